The number of nitro groups is 1. The van der Waals surface area contributed by atoms with Crippen molar-refractivity contribution in [2.24, 2.45) is 5.92 Å². The molecule has 150 valence electrons. The molecule has 0 saturated carbocycles. The highest BCUT2D eigenvalue weighted by Gasteiger charge is 2.34. The van der Waals surface area contributed by atoms with Crippen LogP contribution in [0, 0.1) is 29.9 Å². The van der Waals surface area contributed by atoms with Crippen LogP contribution >= 0.6 is 11.3 Å². The zero-order valence-corrected chi connectivity index (χ0v) is 17.2. The number of carbonyl (C=O) groups excluding carboxylic acids is 1. The van der Waals surface area contributed by atoms with Crippen molar-refractivity contribution in [3.8, 4) is 0 Å². The van der Waals surface area contributed by atoms with E-state index < -0.39 is 20.9 Å². The van der Waals surface area contributed by atoms with Gasteiger partial charge in [-0.05, 0) is 44.9 Å². The average Bonchev–Trinajstić information content (AvgIpc) is 3.10. The number of nitrogens with one attached hydrogen (secondary N) is 1. The van der Waals surface area contributed by atoms with E-state index in [-0.39, 0.29) is 22.3 Å². The fourth-order valence-corrected chi connectivity index (χ4v) is 6.21. The Morgan fingerprint density at radius 2 is 2.04 bits per heavy atom. The van der Waals surface area contributed by atoms with Crippen molar-refractivity contribution in [1.82, 2.24) is 4.31 Å². The van der Waals surface area contributed by atoms with Crippen molar-refractivity contribution in [2.45, 2.75) is 30.9 Å². The molecule has 28 heavy (non-hydrogen) atoms. The number of amides is 1. The fourth-order valence-electron chi connectivity index (χ4n) is 3.24. The number of hydrogen-bond acceptors (Lipinski definition) is 6. The van der Waals surface area contributed by atoms with Crippen LogP contribution in [0.4, 0.5) is 11.4 Å². The Hall–Kier alpha value is -2.30. The number of aryl methyl sites for hydroxylation is 1. The van der Waals surface area contributed by atoms with Gasteiger partial charge in [-0.1, -0.05) is 6.07 Å². The Labute approximate surface area is 167 Å². The van der Waals surface area contributed by atoms with Crippen molar-refractivity contribution >= 4 is 38.6 Å². The molecule has 2 aromatic rings. The molecule has 1 aliphatic heterocycles. The maximum absolute atomic E-state index is 12.8. The zero-order chi connectivity index (χ0) is 20.5. The summed E-state index contributed by atoms with van der Waals surface area (Å²) in [5, 5.41) is 13.8. The fraction of sp³-hybridized carbons (Fsp3) is 0.389. The summed E-state index contributed by atoms with van der Waals surface area (Å²) in [6.07, 6.45) is 1.14. The van der Waals surface area contributed by atoms with E-state index in [9.17, 15) is 23.3 Å². The maximum Gasteiger partial charge on any atom is 0.274 e. The molecule has 0 radical (unpaired) electrons. The summed E-state index contributed by atoms with van der Waals surface area (Å²) in [5.74, 6) is -0.839. The number of piperidine rings is 1. The summed E-state index contributed by atoms with van der Waals surface area (Å²) in [6, 6.07) is 7.84. The van der Waals surface area contributed by atoms with Crippen LogP contribution in [-0.4, -0.2) is 36.6 Å². The van der Waals surface area contributed by atoms with Crippen molar-refractivity contribution < 1.29 is 18.1 Å². The van der Waals surface area contributed by atoms with Gasteiger partial charge in [-0.3, -0.25) is 14.9 Å². The molecule has 1 N–H and O–H groups in total. The Kier molecular flexibility index (Phi) is 5.82. The molecule has 1 saturated heterocycles. The lowest BCUT2D eigenvalue weighted by Crippen LogP contribution is -2.43. The Morgan fingerprint density at radius 1 is 1.29 bits per heavy atom. The molecule has 0 bridgehead atoms. The third-order valence-electron chi connectivity index (χ3n) is 4.82. The summed E-state index contributed by atoms with van der Waals surface area (Å²) in [5.41, 5.74) is 0.668. The van der Waals surface area contributed by atoms with Crippen LogP contribution in [0.1, 0.15) is 23.3 Å². The SMILES string of the molecule is Cc1ccc(S(=O)(=O)N2CCCC(C(=O)Nc3cccc([N+](=O)[O-])c3C)C2)s1. The Morgan fingerprint density at radius 3 is 2.68 bits per heavy atom. The van der Waals surface area contributed by atoms with E-state index in [1.165, 1.54) is 27.8 Å². The molecule has 1 atom stereocenters. The molecule has 1 fully saturated rings. The van der Waals surface area contributed by atoms with Gasteiger partial charge in [-0.25, -0.2) is 8.42 Å². The second-order valence-corrected chi connectivity index (χ2v) is 10.2. The summed E-state index contributed by atoms with van der Waals surface area (Å²) < 4.78 is 27.3. The van der Waals surface area contributed by atoms with Crippen LogP contribution in [0.25, 0.3) is 0 Å². The number of anilines is 1. The summed E-state index contributed by atoms with van der Waals surface area (Å²) in [6.45, 7) is 3.89. The molecule has 8 nitrogen and oxygen atoms in total. The van der Waals surface area contributed by atoms with E-state index in [2.05, 4.69) is 5.32 Å². The van der Waals surface area contributed by atoms with E-state index in [1.54, 1.807) is 25.1 Å². The minimum absolute atomic E-state index is 0.0706. The molecule has 0 spiro atoms. The molecule has 3 rings (SSSR count). The highest BCUT2D eigenvalue weighted by Crippen LogP contribution is 2.30. The lowest BCUT2D eigenvalue weighted by atomic mass is 9.98. The first kappa shape index (κ1) is 20.4. The number of sulfonamides is 1. The quantitative estimate of drug-likeness (QED) is 0.586. The first-order chi connectivity index (χ1) is 13.2. The van der Waals surface area contributed by atoms with E-state index in [0.29, 0.717) is 30.6 Å². The van der Waals surface area contributed by atoms with Crippen LogP contribution in [0.3, 0.4) is 0 Å². The van der Waals surface area contributed by atoms with Gasteiger partial charge in [0.1, 0.15) is 4.21 Å². The smallest absolute Gasteiger partial charge is 0.274 e. The molecule has 1 aliphatic rings. The highest BCUT2D eigenvalue weighted by molar-refractivity contribution is 7.91. The highest BCUT2D eigenvalue weighted by atomic mass is 32.2. The number of rotatable bonds is 5. The summed E-state index contributed by atoms with van der Waals surface area (Å²) in [7, 11) is -3.62. The van der Waals surface area contributed by atoms with Gasteiger partial charge in [0.2, 0.25) is 5.91 Å². The average molecular weight is 424 g/mol. The third-order valence-corrected chi connectivity index (χ3v) is 8.16. The number of nitro benzene ring substituents is 1. The van der Waals surface area contributed by atoms with Crippen molar-refractivity contribution in [3.63, 3.8) is 0 Å². The van der Waals surface area contributed by atoms with Crippen molar-refractivity contribution in [1.29, 1.82) is 0 Å². The lowest BCUT2D eigenvalue weighted by Gasteiger charge is -2.30. The summed E-state index contributed by atoms with van der Waals surface area (Å²) >= 11 is 1.21. The number of carbonyl (C=O) groups is 1. The van der Waals surface area contributed by atoms with Crippen molar-refractivity contribution in [2.75, 3.05) is 18.4 Å². The monoisotopic (exact) mass is 423 g/mol. The van der Waals surface area contributed by atoms with Crippen LogP contribution < -0.4 is 5.32 Å². The minimum atomic E-state index is -3.62. The van der Waals surface area contributed by atoms with Gasteiger partial charge < -0.3 is 5.32 Å². The summed E-state index contributed by atoms with van der Waals surface area (Å²) in [4.78, 5) is 24.2. The number of hydrogen-bond donors (Lipinski definition) is 1. The molecule has 1 aromatic heterocycles. The van der Waals surface area contributed by atoms with E-state index in [0.717, 1.165) is 4.88 Å². The minimum Gasteiger partial charge on any atom is -0.325 e. The molecule has 2 heterocycles. The predicted octanol–water partition coefficient (Wildman–Crippen LogP) is 3.31. The van der Waals surface area contributed by atoms with Gasteiger partial charge in [-0.15, -0.1) is 11.3 Å². The first-order valence-electron chi connectivity index (χ1n) is 8.81. The van der Waals surface area contributed by atoms with Crippen LogP contribution in [0.2, 0.25) is 0 Å². The molecule has 0 aliphatic carbocycles. The predicted molar refractivity (Wildman–Crippen MR) is 107 cm³/mol. The second kappa shape index (κ2) is 7.98. The second-order valence-electron chi connectivity index (χ2n) is 6.76. The normalized spacial score (nSPS) is 18.0. The van der Waals surface area contributed by atoms with Gasteiger partial charge in [0.15, 0.2) is 0 Å². The molecule has 1 amide bonds. The van der Waals surface area contributed by atoms with Gasteiger partial charge in [0.05, 0.1) is 22.1 Å². The van der Waals surface area contributed by atoms with E-state index in [1.807, 2.05) is 6.92 Å². The maximum atomic E-state index is 12.8. The van der Waals surface area contributed by atoms with Crippen molar-refractivity contribution in [3.05, 3.63) is 50.9 Å². The third kappa shape index (κ3) is 4.08. The van der Waals surface area contributed by atoms with Crippen LogP contribution in [0.5, 0.6) is 0 Å². The molecule has 1 unspecified atom stereocenters. The van der Waals surface area contributed by atoms with Gasteiger partial charge in [0.25, 0.3) is 15.7 Å². The van der Waals surface area contributed by atoms with Crippen LogP contribution in [-0.2, 0) is 14.8 Å². The van der Waals surface area contributed by atoms with Crippen LogP contribution in [0.15, 0.2) is 34.5 Å². The Balaban J connectivity index is 1.75. The number of benzene rings is 1. The zero-order valence-electron chi connectivity index (χ0n) is 15.5. The first-order valence-corrected chi connectivity index (χ1v) is 11.1. The van der Waals surface area contributed by atoms with Gasteiger partial charge in [-0.2, -0.15) is 4.31 Å². The van der Waals surface area contributed by atoms with Gasteiger partial charge in [0, 0.05) is 24.0 Å². The topological polar surface area (TPSA) is 110 Å². The molecular weight excluding hydrogens is 402 g/mol. The van der Waals surface area contributed by atoms with Gasteiger partial charge >= 0.3 is 0 Å². The van der Waals surface area contributed by atoms with E-state index >= 15 is 0 Å². The molecule has 10 heteroatoms. The molecular formula is C18H21N3O5S2. The number of nitrogens with zero attached hydrogens (tertiary/aromatic N) is 2. The number of thiophene rings is 1. The largest absolute Gasteiger partial charge is 0.325 e. The Bertz CT molecular complexity index is 1020. The van der Waals surface area contributed by atoms with E-state index in [4.69, 9.17) is 0 Å². The molecule has 1 aromatic carbocycles. The lowest BCUT2D eigenvalue weighted by molar-refractivity contribution is -0.385. The standard InChI is InChI=1S/C18H21N3O5S2/c1-12-8-9-17(27-12)28(25,26)20-10-4-5-14(11-20)18(22)19-15-6-3-7-16(13(15)2)21(23)24/h3,6-9,14H,4-5,10-11H2,1-2H3,(H,19,22).